The number of nitrogens with one attached hydrogen (secondary N) is 2. The van der Waals surface area contributed by atoms with Gasteiger partial charge in [0.15, 0.2) is 0 Å². The van der Waals surface area contributed by atoms with Gasteiger partial charge in [-0.15, -0.1) is 12.4 Å². The van der Waals surface area contributed by atoms with Gasteiger partial charge in [0.1, 0.15) is 0 Å². The van der Waals surface area contributed by atoms with E-state index in [-0.39, 0.29) is 42.4 Å². The summed E-state index contributed by atoms with van der Waals surface area (Å²) in [6.45, 7) is 7.96. The summed E-state index contributed by atoms with van der Waals surface area (Å²) < 4.78 is 5.47. The molecular weight excluding hydrogens is 282 g/mol. The van der Waals surface area contributed by atoms with E-state index in [9.17, 15) is 9.59 Å². The zero-order valence-corrected chi connectivity index (χ0v) is 13.5. The van der Waals surface area contributed by atoms with Gasteiger partial charge in [-0.3, -0.25) is 9.59 Å². The number of morpholine rings is 1. The number of rotatable bonds is 4. The van der Waals surface area contributed by atoms with Crippen molar-refractivity contribution in [2.75, 3.05) is 33.3 Å². The largest absolute Gasteiger partial charge is 0.375 e. The van der Waals surface area contributed by atoms with Crippen LogP contribution in [0.3, 0.4) is 0 Å². The van der Waals surface area contributed by atoms with E-state index < -0.39 is 0 Å². The van der Waals surface area contributed by atoms with Crippen LogP contribution >= 0.6 is 12.4 Å². The van der Waals surface area contributed by atoms with Crippen LogP contribution in [0.2, 0.25) is 0 Å². The lowest BCUT2D eigenvalue weighted by atomic mass is 10.1. The van der Waals surface area contributed by atoms with Gasteiger partial charge in [0.2, 0.25) is 11.8 Å². The molecule has 0 aromatic heterocycles. The average molecular weight is 308 g/mol. The number of ether oxygens (including phenoxy) is 1. The fraction of sp³-hybridized carbons (Fsp3) is 0.846. The SMILES string of the molecule is CN(CC(=O)NC(C)(C)C)C(=O)CC1CNCCO1.Cl. The lowest BCUT2D eigenvalue weighted by Crippen LogP contribution is -2.47. The Morgan fingerprint density at radius 3 is 2.55 bits per heavy atom. The Morgan fingerprint density at radius 1 is 1.40 bits per heavy atom. The second-order valence-corrected chi connectivity index (χ2v) is 5.95. The van der Waals surface area contributed by atoms with Gasteiger partial charge in [-0.2, -0.15) is 0 Å². The van der Waals surface area contributed by atoms with E-state index >= 15 is 0 Å². The Balaban J connectivity index is 0.00000361. The quantitative estimate of drug-likeness (QED) is 0.776. The summed E-state index contributed by atoms with van der Waals surface area (Å²) in [5.74, 6) is -0.219. The second-order valence-electron chi connectivity index (χ2n) is 5.95. The Bertz CT molecular complexity index is 325. The van der Waals surface area contributed by atoms with Crippen LogP contribution in [0.4, 0.5) is 0 Å². The standard InChI is InChI=1S/C13H25N3O3.ClH/c1-13(2,3)15-11(17)9-16(4)12(18)7-10-8-14-5-6-19-10;/h10,14H,5-9H2,1-4H3,(H,15,17);1H. The minimum absolute atomic E-state index is 0. The molecule has 0 saturated carbocycles. The molecule has 0 aromatic carbocycles. The lowest BCUT2D eigenvalue weighted by Gasteiger charge is -2.26. The molecule has 20 heavy (non-hydrogen) atoms. The highest BCUT2D eigenvalue weighted by atomic mass is 35.5. The number of likely N-dealkylation sites (N-methyl/N-ethyl adjacent to an activating group) is 1. The van der Waals surface area contributed by atoms with Crippen molar-refractivity contribution < 1.29 is 14.3 Å². The molecule has 1 heterocycles. The van der Waals surface area contributed by atoms with Gasteiger partial charge in [0, 0.05) is 25.7 Å². The van der Waals surface area contributed by atoms with Crippen molar-refractivity contribution in [3.05, 3.63) is 0 Å². The Kier molecular flexibility index (Phi) is 8.08. The summed E-state index contributed by atoms with van der Waals surface area (Å²) in [6, 6.07) is 0. The van der Waals surface area contributed by atoms with Gasteiger partial charge in [0.25, 0.3) is 0 Å². The van der Waals surface area contributed by atoms with Crippen LogP contribution in [0.1, 0.15) is 27.2 Å². The van der Waals surface area contributed by atoms with Gasteiger partial charge in [0.05, 0.1) is 25.7 Å². The third-order valence-electron chi connectivity index (χ3n) is 2.73. The first-order valence-corrected chi connectivity index (χ1v) is 6.65. The van der Waals surface area contributed by atoms with Crippen LogP contribution in [0.5, 0.6) is 0 Å². The first-order chi connectivity index (χ1) is 8.78. The third kappa shape index (κ3) is 7.67. The lowest BCUT2D eigenvalue weighted by molar-refractivity contribution is -0.137. The van der Waals surface area contributed by atoms with Crippen LogP contribution in [0, 0.1) is 0 Å². The van der Waals surface area contributed by atoms with E-state index in [1.54, 1.807) is 7.05 Å². The average Bonchev–Trinajstić information content (AvgIpc) is 2.27. The van der Waals surface area contributed by atoms with Crippen molar-refractivity contribution >= 4 is 24.2 Å². The predicted molar refractivity (Wildman–Crippen MR) is 80.0 cm³/mol. The van der Waals surface area contributed by atoms with Crippen LogP contribution in [0.15, 0.2) is 0 Å². The molecule has 1 atom stereocenters. The molecule has 7 heteroatoms. The predicted octanol–water partition coefficient (Wildman–Crippen LogP) is 0.160. The molecule has 1 unspecified atom stereocenters. The Hall–Kier alpha value is -0.850. The van der Waals surface area contributed by atoms with Gasteiger partial charge < -0.3 is 20.3 Å². The Labute approximate surface area is 127 Å². The molecule has 0 aliphatic carbocycles. The van der Waals surface area contributed by atoms with Crippen molar-refractivity contribution in [1.29, 1.82) is 0 Å². The number of carbonyl (C=O) groups excluding carboxylic acids is 2. The summed E-state index contributed by atoms with van der Waals surface area (Å²) in [5.41, 5.74) is -0.280. The number of hydrogen-bond acceptors (Lipinski definition) is 4. The second kappa shape index (κ2) is 8.44. The summed E-state index contributed by atoms with van der Waals surface area (Å²) in [7, 11) is 1.64. The van der Waals surface area contributed by atoms with Crippen LogP contribution in [-0.4, -0.2) is 61.6 Å². The monoisotopic (exact) mass is 307 g/mol. The van der Waals surface area contributed by atoms with E-state index in [1.165, 1.54) is 4.90 Å². The highest BCUT2D eigenvalue weighted by Crippen LogP contribution is 2.04. The summed E-state index contributed by atoms with van der Waals surface area (Å²) in [6.07, 6.45) is 0.223. The molecular formula is C13H26ClN3O3. The van der Waals surface area contributed by atoms with Crippen molar-refractivity contribution in [1.82, 2.24) is 15.5 Å². The topological polar surface area (TPSA) is 70.7 Å². The third-order valence-corrected chi connectivity index (χ3v) is 2.73. The fourth-order valence-electron chi connectivity index (χ4n) is 1.86. The molecule has 6 nitrogen and oxygen atoms in total. The zero-order chi connectivity index (χ0) is 14.5. The maximum atomic E-state index is 12.0. The van der Waals surface area contributed by atoms with E-state index in [4.69, 9.17) is 4.74 Å². The molecule has 1 aliphatic heterocycles. The minimum atomic E-state index is -0.280. The number of carbonyl (C=O) groups is 2. The summed E-state index contributed by atoms with van der Waals surface area (Å²) in [5, 5.41) is 6.01. The highest BCUT2D eigenvalue weighted by molar-refractivity contribution is 5.85. The molecule has 1 fully saturated rings. The summed E-state index contributed by atoms with van der Waals surface area (Å²) in [4.78, 5) is 25.1. The molecule has 0 aromatic rings. The molecule has 0 bridgehead atoms. The van der Waals surface area contributed by atoms with Crippen molar-refractivity contribution in [3.63, 3.8) is 0 Å². The van der Waals surface area contributed by atoms with Crippen LogP contribution < -0.4 is 10.6 Å². The fourth-order valence-corrected chi connectivity index (χ4v) is 1.86. The number of halogens is 1. The molecule has 2 amide bonds. The molecule has 1 rings (SSSR count). The Morgan fingerprint density at radius 2 is 2.05 bits per heavy atom. The molecule has 0 spiro atoms. The number of amides is 2. The van der Waals surface area contributed by atoms with Crippen LogP contribution in [0.25, 0.3) is 0 Å². The van der Waals surface area contributed by atoms with E-state index in [1.807, 2.05) is 20.8 Å². The van der Waals surface area contributed by atoms with Gasteiger partial charge in [-0.05, 0) is 20.8 Å². The minimum Gasteiger partial charge on any atom is -0.375 e. The van der Waals surface area contributed by atoms with Gasteiger partial charge in [-0.25, -0.2) is 0 Å². The smallest absolute Gasteiger partial charge is 0.240 e. The van der Waals surface area contributed by atoms with E-state index in [0.29, 0.717) is 19.6 Å². The number of nitrogens with zero attached hydrogens (tertiary/aromatic N) is 1. The maximum absolute atomic E-state index is 12.0. The highest BCUT2D eigenvalue weighted by Gasteiger charge is 2.22. The zero-order valence-electron chi connectivity index (χ0n) is 12.7. The molecule has 2 N–H and O–H groups in total. The van der Waals surface area contributed by atoms with E-state index in [2.05, 4.69) is 10.6 Å². The van der Waals surface area contributed by atoms with Crippen molar-refractivity contribution in [2.24, 2.45) is 0 Å². The van der Waals surface area contributed by atoms with Crippen molar-refractivity contribution in [3.8, 4) is 0 Å². The first-order valence-electron chi connectivity index (χ1n) is 6.65. The molecule has 1 aliphatic rings. The van der Waals surface area contributed by atoms with E-state index in [0.717, 1.165) is 6.54 Å². The summed E-state index contributed by atoms with van der Waals surface area (Å²) >= 11 is 0. The molecule has 0 radical (unpaired) electrons. The first kappa shape index (κ1) is 19.1. The number of hydrogen-bond donors (Lipinski definition) is 2. The van der Waals surface area contributed by atoms with Gasteiger partial charge in [-0.1, -0.05) is 0 Å². The molecule has 118 valence electrons. The molecule has 1 saturated heterocycles. The normalized spacial score (nSPS) is 18.9. The van der Waals surface area contributed by atoms with Crippen molar-refractivity contribution in [2.45, 2.75) is 38.8 Å². The maximum Gasteiger partial charge on any atom is 0.240 e. The van der Waals surface area contributed by atoms with Crippen LogP contribution in [-0.2, 0) is 14.3 Å². The van der Waals surface area contributed by atoms with Gasteiger partial charge >= 0.3 is 0 Å².